The number of halogens is 1. The standard InChI is InChI=1S/C17H19ClN2O/c1-3-16(12-6-8-14(18)9-7-12)20-17(21)13-5-4-11(2)15(19)10-13/h4-10,16H,3,19H2,1-2H3,(H,20,21). The van der Waals surface area contributed by atoms with Crippen LogP contribution in [0.25, 0.3) is 0 Å². The molecule has 4 heteroatoms. The Labute approximate surface area is 130 Å². The number of hydrogen-bond donors (Lipinski definition) is 2. The molecular weight excluding hydrogens is 284 g/mol. The van der Waals surface area contributed by atoms with E-state index in [-0.39, 0.29) is 11.9 Å². The first-order valence-corrected chi connectivity index (χ1v) is 7.31. The van der Waals surface area contributed by atoms with Gasteiger partial charge in [0.15, 0.2) is 0 Å². The molecule has 0 fully saturated rings. The number of nitrogens with one attached hydrogen (secondary N) is 1. The molecule has 0 aliphatic heterocycles. The average molecular weight is 303 g/mol. The number of carbonyl (C=O) groups is 1. The van der Waals surface area contributed by atoms with E-state index in [1.165, 1.54) is 0 Å². The second-order valence-corrected chi connectivity index (χ2v) is 5.49. The summed E-state index contributed by atoms with van der Waals surface area (Å²) >= 11 is 5.89. The maximum atomic E-state index is 12.3. The van der Waals surface area contributed by atoms with Gasteiger partial charge in [-0.3, -0.25) is 4.79 Å². The molecule has 0 saturated heterocycles. The first kappa shape index (κ1) is 15.4. The number of hydrogen-bond acceptors (Lipinski definition) is 2. The van der Waals surface area contributed by atoms with E-state index in [1.807, 2.05) is 44.2 Å². The monoisotopic (exact) mass is 302 g/mol. The highest BCUT2D eigenvalue weighted by molar-refractivity contribution is 6.30. The van der Waals surface area contributed by atoms with Gasteiger partial charge in [-0.05, 0) is 48.7 Å². The Balaban J connectivity index is 2.15. The van der Waals surface area contributed by atoms with E-state index in [0.29, 0.717) is 16.3 Å². The Morgan fingerprint density at radius 2 is 1.90 bits per heavy atom. The van der Waals surface area contributed by atoms with Gasteiger partial charge in [-0.1, -0.05) is 36.7 Å². The molecule has 0 saturated carbocycles. The van der Waals surface area contributed by atoms with Crippen molar-refractivity contribution in [1.29, 1.82) is 0 Å². The fraction of sp³-hybridized carbons (Fsp3) is 0.235. The highest BCUT2D eigenvalue weighted by atomic mass is 35.5. The van der Waals surface area contributed by atoms with Crippen molar-refractivity contribution in [1.82, 2.24) is 5.32 Å². The average Bonchev–Trinajstić information content (AvgIpc) is 2.48. The molecule has 3 nitrogen and oxygen atoms in total. The third kappa shape index (κ3) is 3.76. The number of rotatable bonds is 4. The predicted octanol–water partition coefficient (Wildman–Crippen LogP) is 4.11. The molecule has 0 aliphatic carbocycles. The third-order valence-corrected chi connectivity index (χ3v) is 3.78. The van der Waals surface area contributed by atoms with Crippen LogP contribution in [0.4, 0.5) is 5.69 Å². The second-order valence-electron chi connectivity index (χ2n) is 5.06. The van der Waals surface area contributed by atoms with Crippen LogP contribution in [0.5, 0.6) is 0 Å². The van der Waals surface area contributed by atoms with Crippen LogP contribution in [0.2, 0.25) is 5.02 Å². The summed E-state index contributed by atoms with van der Waals surface area (Å²) in [5.41, 5.74) is 9.06. The maximum Gasteiger partial charge on any atom is 0.251 e. The van der Waals surface area contributed by atoms with Gasteiger partial charge in [0.2, 0.25) is 0 Å². The molecule has 2 aromatic rings. The first-order valence-electron chi connectivity index (χ1n) is 6.93. The lowest BCUT2D eigenvalue weighted by molar-refractivity contribution is 0.0935. The Morgan fingerprint density at radius 1 is 1.24 bits per heavy atom. The van der Waals surface area contributed by atoms with Gasteiger partial charge in [-0.25, -0.2) is 0 Å². The maximum absolute atomic E-state index is 12.3. The van der Waals surface area contributed by atoms with Crippen LogP contribution in [0.15, 0.2) is 42.5 Å². The lowest BCUT2D eigenvalue weighted by Crippen LogP contribution is -2.28. The summed E-state index contributed by atoms with van der Waals surface area (Å²) < 4.78 is 0. The van der Waals surface area contributed by atoms with Crippen LogP contribution in [-0.4, -0.2) is 5.91 Å². The number of carbonyl (C=O) groups excluding carboxylic acids is 1. The summed E-state index contributed by atoms with van der Waals surface area (Å²) in [5, 5.41) is 3.71. The van der Waals surface area contributed by atoms with Crippen molar-refractivity contribution in [3.8, 4) is 0 Å². The molecule has 0 aliphatic rings. The number of anilines is 1. The zero-order valence-corrected chi connectivity index (χ0v) is 12.9. The molecule has 0 spiro atoms. The lowest BCUT2D eigenvalue weighted by atomic mass is 10.0. The highest BCUT2D eigenvalue weighted by Crippen LogP contribution is 2.20. The van der Waals surface area contributed by atoms with Crippen LogP contribution in [0.3, 0.4) is 0 Å². The number of aryl methyl sites for hydroxylation is 1. The van der Waals surface area contributed by atoms with Gasteiger partial charge in [0.05, 0.1) is 6.04 Å². The Kier molecular flexibility index (Phi) is 4.86. The van der Waals surface area contributed by atoms with E-state index in [0.717, 1.165) is 17.5 Å². The Hall–Kier alpha value is -2.00. The molecule has 2 aromatic carbocycles. The minimum absolute atomic E-state index is 0.0442. The Bertz CT molecular complexity index is 638. The summed E-state index contributed by atoms with van der Waals surface area (Å²) in [7, 11) is 0. The van der Waals surface area contributed by atoms with Gasteiger partial charge < -0.3 is 11.1 Å². The van der Waals surface area contributed by atoms with Crippen LogP contribution in [0, 0.1) is 6.92 Å². The summed E-state index contributed by atoms with van der Waals surface area (Å²) in [6.07, 6.45) is 0.800. The van der Waals surface area contributed by atoms with Crippen molar-refractivity contribution < 1.29 is 4.79 Å². The molecule has 110 valence electrons. The zero-order chi connectivity index (χ0) is 15.4. The van der Waals surface area contributed by atoms with Gasteiger partial charge in [0.1, 0.15) is 0 Å². The van der Waals surface area contributed by atoms with Gasteiger partial charge in [-0.15, -0.1) is 0 Å². The van der Waals surface area contributed by atoms with Crippen molar-refractivity contribution in [3.63, 3.8) is 0 Å². The Morgan fingerprint density at radius 3 is 2.48 bits per heavy atom. The molecule has 3 N–H and O–H groups in total. The molecule has 0 heterocycles. The van der Waals surface area contributed by atoms with Crippen LogP contribution in [-0.2, 0) is 0 Å². The predicted molar refractivity (Wildman–Crippen MR) is 87.5 cm³/mol. The summed E-state index contributed by atoms with van der Waals surface area (Å²) in [6.45, 7) is 3.95. The molecule has 2 rings (SSSR count). The van der Waals surface area contributed by atoms with E-state index >= 15 is 0 Å². The summed E-state index contributed by atoms with van der Waals surface area (Å²) in [4.78, 5) is 12.3. The minimum atomic E-state index is -0.122. The number of benzene rings is 2. The molecule has 21 heavy (non-hydrogen) atoms. The molecule has 0 radical (unpaired) electrons. The minimum Gasteiger partial charge on any atom is -0.398 e. The first-order chi connectivity index (χ1) is 10.0. The molecular formula is C17H19ClN2O. The van der Waals surface area contributed by atoms with Crippen molar-refractivity contribution in [2.75, 3.05) is 5.73 Å². The van der Waals surface area contributed by atoms with Crippen LogP contribution in [0.1, 0.15) is 40.9 Å². The zero-order valence-electron chi connectivity index (χ0n) is 12.2. The van der Waals surface area contributed by atoms with Crippen molar-refractivity contribution in [3.05, 3.63) is 64.2 Å². The number of nitrogen functional groups attached to an aromatic ring is 1. The molecule has 1 atom stereocenters. The topological polar surface area (TPSA) is 55.1 Å². The van der Waals surface area contributed by atoms with E-state index < -0.39 is 0 Å². The molecule has 0 bridgehead atoms. The fourth-order valence-corrected chi connectivity index (χ4v) is 2.27. The van der Waals surface area contributed by atoms with E-state index in [4.69, 9.17) is 17.3 Å². The van der Waals surface area contributed by atoms with Crippen molar-refractivity contribution >= 4 is 23.2 Å². The normalized spacial score (nSPS) is 12.0. The second kappa shape index (κ2) is 6.64. The molecule has 1 unspecified atom stereocenters. The number of nitrogens with two attached hydrogens (primary N) is 1. The molecule has 1 amide bonds. The molecule has 0 aromatic heterocycles. The van der Waals surface area contributed by atoms with Crippen LogP contribution < -0.4 is 11.1 Å². The largest absolute Gasteiger partial charge is 0.398 e. The van der Waals surface area contributed by atoms with Crippen molar-refractivity contribution in [2.45, 2.75) is 26.3 Å². The fourth-order valence-electron chi connectivity index (χ4n) is 2.14. The SMILES string of the molecule is CCC(NC(=O)c1ccc(C)c(N)c1)c1ccc(Cl)cc1. The van der Waals surface area contributed by atoms with Gasteiger partial charge in [0, 0.05) is 16.3 Å². The summed E-state index contributed by atoms with van der Waals surface area (Å²) in [6, 6.07) is 12.8. The van der Waals surface area contributed by atoms with Gasteiger partial charge in [0.25, 0.3) is 5.91 Å². The van der Waals surface area contributed by atoms with Gasteiger partial charge in [-0.2, -0.15) is 0 Å². The van der Waals surface area contributed by atoms with Crippen LogP contribution >= 0.6 is 11.6 Å². The lowest BCUT2D eigenvalue weighted by Gasteiger charge is -2.18. The number of amides is 1. The van der Waals surface area contributed by atoms with E-state index in [9.17, 15) is 4.79 Å². The quantitative estimate of drug-likeness (QED) is 0.835. The van der Waals surface area contributed by atoms with Gasteiger partial charge >= 0.3 is 0 Å². The highest BCUT2D eigenvalue weighted by Gasteiger charge is 2.14. The summed E-state index contributed by atoms with van der Waals surface area (Å²) in [5.74, 6) is -0.122. The third-order valence-electron chi connectivity index (χ3n) is 3.53. The van der Waals surface area contributed by atoms with E-state index in [1.54, 1.807) is 12.1 Å². The van der Waals surface area contributed by atoms with E-state index in [2.05, 4.69) is 5.32 Å². The van der Waals surface area contributed by atoms with Crippen molar-refractivity contribution in [2.24, 2.45) is 0 Å². The smallest absolute Gasteiger partial charge is 0.251 e.